The van der Waals surface area contributed by atoms with Crippen molar-refractivity contribution in [1.29, 1.82) is 0 Å². The van der Waals surface area contributed by atoms with E-state index in [1.807, 2.05) is 11.8 Å². The average Bonchev–Trinajstić information content (AvgIpc) is 3.20. The molecule has 1 amide bonds. The van der Waals surface area contributed by atoms with Crippen LogP contribution in [-0.2, 0) is 4.79 Å². The molecule has 1 aliphatic heterocycles. The molecule has 8 heteroatoms. The summed E-state index contributed by atoms with van der Waals surface area (Å²) in [5.74, 6) is 1.87. The summed E-state index contributed by atoms with van der Waals surface area (Å²) < 4.78 is 15.4. The average molecular weight is 481 g/mol. The number of hydrogen-bond acceptors (Lipinski definition) is 5. The Labute approximate surface area is 207 Å². The summed E-state index contributed by atoms with van der Waals surface area (Å²) in [6.45, 7) is 11.3. The van der Waals surface area contributed by atoms with E-state index in [1.165, 1.54) is 12.1 Å². The molecule has 1 unspecified atom stereocenters. The lowest BCUT2D eigenvalue weighted by atomic mass is 10.1. The van der Waals surface area contributed by atoms with E-state index < -0.39 is 0 Å². The fourth-order valence-corrected chi connectivity index (χ4v) is 4.80. The van der Waals surface area contributed by atoms with Crippen LogP contribution >= 0.6 is 0 Å². The number of amides is 1. The minimum Gasteiger partial charge on any atom is -0.352 e. The van der Waals surface area contributed by atoms with Gasteiger partial charge in [0.2, 0.25) is 5.91 Å². The van der Waals surface area contributed by atoms with Gasteiger partial charge in [-0.1, -0.05) is 40.0 Å². The number of carbonyl (C=O) groups excluding carboxylic acids is 1. The highest BCUT2D eigenvalue weighted by Gasteiger charge is 2.27. The predicted molar refractivity (Wildman–Crippen MR) is 138 cm³/mol. The number of halogens is 1. The molecule has 0 saturated carbocycles. The van der Waals surface area contributed by atoms with Crippen LogP contribution in [0.4, 0.5) is 10.2 Å². The first-order valence-electron chi connectivity index (χ1n) is 13.0. The van der Waals surface area contributed by atoms with Gasteiger partial charge in [0.25, 0.3) is 0 Å². The summed E-state index contributed by atoms with van der Waals surface area (Å²) in [6.07, 6.45) is 5.85. The molecule has 188 valence electrons. The molecule has 7 nitrogen and oxygen atoms in total. The second-order valence-electron chi connectivity index (χ2n) is 9.59. The van der Waals surface area contributed by atoms with Crippen LogP contribution in [0.2, 0.25) is 0 Å². The molecule has 0 radical (unpaired) electrons. The Morgan fingerprint density at radius 2 is 1.74 bits per heavy atom. The van der Waals surface area contributed by atoms with Crippen molar-refractivity contribution in [3.8, 4) is 5.69 Å². The normalized spacial score (nSPS) is 15.1. The number of aromatic nitrogens is 4. The maximum Gasteiger partial charge on any atom is 0.222 e. The van der Waals surface area contributed by atoms with E-state index in [-0.39, 0.29) is 17.6 Å². The minimum atomic E-state index is -0.281. The highest BCUT2D eigenvalue weighted by Crippen LogP contribution is 2.32. The number of benzene rings is 1. The van der Waals surface area contributed by atoms with Crippen LogP contribution in [0.25, 0.3) is 16.7 Å². The zero-order valence-electron chi connectivity index (χ0n) is 21.4. The Hall–Kier alpha value is -3.03. The topological polar surface area (TPSA) is 67.2 Å². The molecule has 1 saturated heterocycles. The van der Waals surface area contributed by atoms with Gasteiger partial charge in [-0.05, 0) is 44.0 Å². The fourth-order valence-electron chi connectivity index (χ4n) is 4.80. The molecule has 4 rings (SSSR count). The molecule has 0 N–H and O–H groups in total. The number of nitrogens with zero attached hydrogens (tertiary/aromatic N) is 6. The zero-order chi connectivity index (χ0) is 24.9. The lowest BCUT2D eigenvalue weighted by Crippen LogP contribution is -2.49. The van der Waals surface area contributed by atoms with Crippen molar-refractivity contribution in [2.75, 3.05) is 31.1 Å². The van der Waals surface area contributed by atoms with Gasteiger partial charge in [0, 0.05) is 38.5 Å². The van der Waals surface area contributed by atoms with Crippen molar-refractivity contribution in [2.24, 2.45) is 0 Å². The van der Waals surface area contributed by atoms with Gasteiger partial charge in [0.05, 0.1) is 16.8 Å². The van der Waals surface area contributed by atoms with E-state index in [9.17, 15) is 9.18 Å². The van der Waals surface area contributed by atoms with E-state index in [2.05, 4.69) is 25.7 Å². The molecule has 0 spiro atoms. The fraction of sp³-hybridized carbons (Fsp3) is 0.556. The molecule has 1 fully saturated rings. The van der Waals surface area contributed by atoms with Crippen molar-refractivity contribution in [1.82, 2.24) is 24.6 Å². The smallest absolute Gasteiger partial charge is 0.222 e. The van der Waals surface area contributed by atoms with E-state index in [0.717, 1.165) is 79.3 Å². The van der Waals surface area contributed by atoms with Crippen LogP contribution in [0, 0.1) is 12.7 Å². The third-order valence-corrected chi connectivity index (χ3v) is 6.86. The van der Waals surface area contributed by atoms with Gasteiger partial charge in [0.15, 0.2) is 5.65 Å². The summed E-state index contributed by atoms with van der Waals surface area (Å²) >= 11 is 0. The van der Waals surface area contributed by atoms with Crippen LogP contribution < -0.4 is 4.90 Å². The number of fused-ring (bicyclic) bond motifs is 1. The third-order valence-electron chi connectivity index (χ3n) is 6.86. The third kappa shape index (κ3) is 5.46. The van der Waals surface area contributed by atoms with Crippen LogP contribution in [0.3, 0.4) is 0 Å². The molecular weight excluding hydrogens is 443 g/mol. The number of rotatable bonds is 9. The van der Waals surface area contributed by atoms with Crippen LogP contribution in [0.5, 0.6) is 0 Å². The van der Waals surface area contributed by atoms with Crippen LogP contribution in [-0.4, -0.2) is 56.7 Å². The Morgan fingerprint density at radius 3 is 2.40 bits per heavy atom. The van der Waals surface area contributed by atoms with Gasteiger partial charge in [-0.3, -0.25) is 4.79 Å². The van der Waals surface area contributed by atoms with Crippen molar-refractivity contribution >= 4 is 22.8 Å². The van der Waals surface area contributed by atoms with Gasteiger partial charge in [0.1, 0.15) is 17.5 Å². The van der Waals surface area contributed by atoms with Gasteiger partial charge >= 0.3 is 0 Å². The first-order chi connectivity index (χ1) is 16.9. The number of anilines is 1. The Bertz CT molecular complexity index is 1150. The van der Waals surface area contributed by atoms with Crippen molar-refractivity contribution in [3.05, 3.63) is 41.6 Å². The molecule has 2 aromatic heterocycles. The molecule has 1 aliphatic rings. The molecule has 1 atom stereocenters. The number of carbonyl (C=O) groups is 1. The van der Waals surface area contributed by atoms with E-state index in [0.29, 0.717) is 19.5 Å². The standard InChI is InChI=1S/C27H37FN6O/c1-5-7-8-10-23(35)32-15-17-33(18-16-32)26-24-20(4)31-34(22-13-11-21(28)12-14-22)27(24)30-25(29-26)19(3)9-6-2/h11-14,19H,5-10,15-18H2,1-4H3. The monoisotopic (exact) mass is 480 g/mol. The SMILES string of the molecule is CCCCCC(=O)N1CCN(c2nc(C(C)CCC)nc3c2c(C)nn3-c2ccc(F)cc2)CC1. The summed E-state index contributed by atoms with van der Waals surface area (Å²) in [4.78, 5) is 26.9. The Balaban J connectivity index is 1.68. The van der Waals surface area contributed by atoms with Gasteiger partial charge < -0.3 is 9.80 Å². The van der Waals surface area contributed by atoms with Crippen molar-refractivity contribution < 1.29 is 9.18 Å². The predicted octanol–water partition coefficient (Wildman–Crippen LogP) is 5.40. The van der Waals surface area contributed by atoms with Crippen LogP contribution in [0.1, 0.15) is 76.7 Å². The van der Waals surface area contributed by atoms with Crippen molar-refractivity contribution in [3.63, 3.8) is 0 Å². The number of hydrogen-bond donors (Lipinski definition) is 0. The molecule has 0 aliphatic carbocycles. The van der Waals surface area contributed by atoms with E-state index in [1.54, 1.807) is 16.8 Å². The van der Waals surface area contributed by atoms with Gasteiger partial charge in [-0.2, -0.15) is 5.10 Å². The quantitative estimate of drug-likeness (QED) is 0.384. The Morgan fingerprint density at radius 1 is 1.03 bits per heavy atom. The van der Waals surface area contributed by atoms with Crippen molar-refractivity contribution in [2.45, 2.75) is 72.1 Å². The molecule has 35 heavy (non-hydrogen) atoms. The molecule has 0 bridgehead atoms. The summed E-state index contributed by atoms with van der Waals surface area (Å²) in [7, 11) is 0. The molecular formula is C27H37FN6O. The summed E-state index contributed by atoms with van der Waals surface area (Å²) in [6, 6.07) is 6.33. The first-order valence-corrected chi connectivity index (χ1v) is 13.0. The zero-order valence-corrected chi connectivity index (χ0v) is 21.4. The second-order valence-corrected chi connectivity index (χ2v) is 9.59. The highest BCUT2D eigenvalue weighted by molar-refractivity contribution is 5.91. The summed E-state index contributed by atoms with van der Waals surface area (Å²) in [5.41, 5.74) is 2.35. The highest BCUT2D eigenvalue weighted by atomic mass is 19.1. The minimum absolute atomic E-state index is 0.210. The number of aryl methyl sites for hydroxylation is 1. The lowest BCUT2D eigenvalue weighted by molar-refractivity contribution is -0.131. The van der Waals surface area contributed by atoms with E-state index >= 15 is 0 Å². The molecule has 3 aromatic rings. The van der Waals surface area contributed by atoms with E-state index in [4.69, 9.17) is 15.1 Å². The van der Waals surface area contributed by atoms with Crippen LogP contribution in [0.15, 0.2) is 24.3 Å². The number of unbranched alkanes of at least 4 members (excludes halogenated alkanes) is 2. The number of piperazine rings is 1. The lowest BCUT2D eigenvalue weighted by Gasteiger charge is -2.36. The molecule has 3 heterocycles. The van der Waals surface area contributed by atoms with Gasteiger partial charge in [-0.25, -0.2) is 19.0 Å². The maximum atomic E-state index is 13.6. The summed E-state index contributed by atoms with van der Waals surface area (Å²) in [5, 5.41) is 5.70. The van der Waals surface area contributed by atoms with Gasteiger partial charge in [-0.15, -0.1) is 0 Å². The second kappa shape index (κ2) is 11.1. The largest absolute Gasteiger partial charge is 0.352 e. The first kappa shape index (κ1) is 25.1. The Kier molecular flexibility index (Phi) is 7.98. The molecule has 1 aromatic carbocycles. The maximum absolute atomic E-state index is 13.6.